The largest absolute Gasteiger partial charge is 0.355 e. The van der Waals surface area contributed by atoms with E-state index in [1.54, 1.807) is 36.4 Å². The monoisotopic (exact) mass is 443 g/mol. The molecule has 0 saturated carbocycles. The Morgan fingerprint density at radius 2 is 1.73 bits per heavy atom. The Morgan fingerprint density at radius 3 is 2.36 bits per heavy atom. The molecule has 7 heteroatoms. The minimum atomic E-state index is -0.270. The first-order valence-corrected chi connectivity index (χ1v) is 11.1. The summed E-state index contributed by atoms with van der Waals surface area (Å²) in [6.45, 7) is 6.40. The molecule has 2 aromatic carbocycles. The van der Waals surface area contributed by atoms with Gasteiger partial charge in [-0.15, -0.1) is 10.2 Å². The molecule has 0 spiro atoms. The molecular formula is C26H26FN5O. The number of anilines is 1. The average molecular weight is 444 g/mol. The van der Waals surface area contributed by atoms with Gasteiger partial charge in [-0.05, 0) is 92.3 Å². The highest BCUT2D eigenvalue weighted by Gasteiger charge is 2.23. The van der Waals surface area contributed by atoms with Crippen LogP contribution < -0.4 is 10.2 Å². The molecule has 0 unspecified atom stereocenters. The number of halogens is 1. The summed E-state index contributed by atoms with van der Waals surface area (Å²) < 4.78 is 13.3. The average Bonchev–Trinajstić information content (AvgIpc) is 2.85. The maximum atomic E-state index is 13.3. The fourth-order valence-electron chi connectivity index (χ4n) is 4.16. The van der Waals surface area contributed by atoms with Gasteiger partial charge in [-0.2, -0.15) is 5.26 Å². The fraction of sp³-hybridized carbons (Fsp3) is 0.308. The normalized spacial score (nSPS) is 14.1. The van der Waals surface area contributed by atoms with E-state index >= 15 is 0 Å². The standard InChI is InChI=1S/C26H26FN5O/c1-17-18(2)25(31-30-24(17)21-7-9-23(27)10-8-21)32-13-11-20(12-14-32)16-29-26(33)22-5-3-19(15-28)4-6-22/h3-10,20H,11-14,16H2,1-2H3,(H,29,33). The van der Waals surface area contributed by atoms with Crippen molar-refractivity contribution < 1.29 is 9.18 Å². The summed E-state index contributed by atoms with van der Waals surface area (Å²) >= 11 is 0. The molecule has 1 aromatic heterocycles. The summed E-state index contributed by atoms with van der Waals surface area (Å²) in [5.41, 5.74) is 4.86. The van der Waals surface area contributed by atoms with E-state index in [2.05, 4.69) is 33.4 Å². The van der Waals surface area contributed by atoms with Crippen LogP contribution in [0.4, 0.5) is 10.2 Å². The molecule has 1 amide bonds. The topological polar surface area (TPSA) is 81.9 Å². The first kappa shape index (κ1) is 22.4. The van der Waals surface area contributed by atoms with Crippen LogP contribution in [-0.2, 0) is 0 Å². The molecule has 6 nitrogen and oxygen atoms in total. The molecule has 4 rings (SSSR count). The molecule has 1 aliphatic rings. The van der Waals surface area contributed by atoms with Crippen molar-refractivity contribution in [1.29, 1.82) is 5.26 Å². The van der Waals surface area contributed by atoms with Crippen LogP contribution in [0.1, 0.15) is 39.9 Å². The summed E-state index contributed by atoms with van der Waals surface area (Å²) in [6, 6.07) is 15.0. The predicted octanol–water partition coefficient (Wildman–Crippen LogP) is 4.42. The van der Waals surface area contributed by atoms with E-state index in [1.807, 2.05) is 6.92 Å². The van der Waals surface area contributed by atoms with Crippen LogP contribution in [0.15, 0.2) is 48.5 Å². The van der Waals surface area contributed by atoms with Gasteiger partial charge >= 0.3 is 0 Å². The molecule has 1 saturated heterocycles. The lowest BCUT2D eigenvalue weighted by Gasteiger charge is -2.33. The van der Waals surface area contributed by atoms with Gasteiger partial charge < -0.3 is 10.2 Å². The molecular weight excluding hydrogens is 417 g/mol. The lowest BCUT2D eigenvalue weighted by atomic mass is 9.96. The molecule has 1 N–H and O–H groups in total. The zero-order valence-electron chi connectivity index (χ0n) is 18.8. The van der Waals surface area contributed by atoms with Gasteiger partial charge in [0.25, 0.3) is 5.91 Å². The number of rotatable bonds is 5. The lowest BCUT2D eigenvalue weighted by Crippen LogP contribution is -2.39. The van der Waals surface area contributed by atoms with Gasteiger partial charge in [0.2, 0.25) is 0 Å². The Kier molecular flexibility index (Phi) is 6.64. The minimum Gasteiger partial charge on any atom is -0.355 e. The van der Waals surface area contributed by atoms with Crippen LogP contribution in [0.25, 0.3) is 11.3 Å². The third kappa shape index (κ3) is 5.01. The van der Waals surface area contributed by atoms with E-state index < -0.39 is 0 Å². The van der Waals surface area contributed by atoms with E-state index in [9.17, 15) is 9.18 Å². The highest BCUT2D eigenvalue weighted by atomic mass is 19.1. The van der Waals surface area contributed by atoms with Crippen LogP contribution in [0, 0.1) is 36.9 Å². The number of hydrogen-bond acceptors (Lipinski definition) is 5. The molecule has 0 radical (unpaired) electrons. The van der Waals surface area contributed by atoms with Crippen LogP contribution in [-0.4, -0.2) is 35.7 Å². The van der Waals surface area contributed by atoms with E-state index in [0.29, 0.717) is 23.6 Å². The Balaban J connectivity index is 1.34. The Morgan fingerprint density at radius 1 is 1.06 bits per heavy atom. The number of amides is 1. The maximum absolute atomic E-state index is 13.3. The molecule has 1 fully saturated rings. The van der Waals surface area contributed by atoms with Gasteiger partial charge in [-0.3, -0.25) is 4.79 Å². The third-order valence-electron chi connectivity index (χ3n) is 6.36. The first-order valence-electron chi connectivity index (χ1n) is 11.1. The Bertz CT molecular complexity index is 1180. The van der Waals surface area contributed by atoms with Crippen molar-refractivity contribution in [3.8, 4) is 17.3 Å². The predicted molar refractivity (Wildman–Crippen MR) is 125 cm³/mol. The minimum absolute atomic E-state index is 0.115. The van der Waals surface area contributed by atoms with E-state index in [1.165, 1.54) is 12.1 Å². The molecule has 0 atom stereocenters. The molecule has 168 valence electrons. The zero-order chi connectivity index (χ0) is 23.4. The van der Waals surface area contributed by atoms with E-state index in [-0.39, 0.29) is 11.7 Å². The van der Waals surface area contributed by atoms with Crippen LogP contribution >= 0.6 is 0 Å². The van der Waals surface area contributed by atoms with Crippen LogP contribution in [0.5, 0.6) is 0 Å². The quantitative estimate of drug-likeness (QED) is 0.631. The van der Waals surface area contributed by atoms with Crippen molar-refractivity contribution in [2.75, 3.05) is 24.5 Å². The maximum Gasteiger partial charge on any atom is 0.251 e. The smallest absolute Gasteiger partial charge is 0.251 e. The number of carbonyl (C=O) groups is 1. The molecule has 3 aromatic rings. The molecule has 0 aliphatic carbocycles. The summed E-state index contributed by atoms with van der Waals surface area (Å²) in [4.78, 5) is 14.6. The van der Waals surface area contributed by atoms with E-state index in [4.69, 9.17) is 5.26 Å². The number of benzene rings is 2. The van der Waals surface area contributed by atoms with Crippen molar-refractivity contribution >= 4 is 11.7 Å². The number of carbonyl (C=O) groups excluding carboxylic acids is 1. The van der Waals surface area contributed by atoms with Crippen molar-refractivity contribution in [3.63, 3.8) is 0 Å². The highest BCUT2D eigenvalue weighted by Crippen LogP contribution is 2.30. The number of nitrogens with one attached hydrogen (secondary N) is 1. The van der Waals surface area contributed by atoms with Crippen molar-refractivity contribution in [3.05, 3.63) is 76.6 Å². The number of hydrogen-bond donors (Lipinski definition) is 1. The van der Waals surface area contributed by atoms with Gasteiger partial charge in [-0.25, -0.2) is 4.39 Å². The number of aromatic nitrogens is 2. The second-order valence-corrected chi connectivity index (χ2v) is 8.46. The van der Waals surface area contributed by atoms with Crippen molar-refractivity contribution in [2.24, 2.45) is 5.92 Å². The molecule has 33 heavy (non-hydrogen) atoms. The molecule has 2 heterocycles. The molecule has 0 bridgehead atoms. The second kappa shape index (κ2) is 9.78. The summed E-state index contributed by atoms with van der Waals surface area (Å²) in [6.07, 6.45) is 1.90. The third-order valence-corrected chi connectivity index (χ3v) is 6.36. The SMILES string of the molecule is Cc1c(-c2ccc(F)cc2)nnc(N2CCC(CNC(=O)c3ccc(C#N)cc3)CC2)c1C. The highest BCUT2D eigenvalue weighted by molar-refractivity contribution is 5.94. The van der Waals surface area contributed by atoms with Crippen molar-refractivity contribution in [2.45, 2.75) is 26.7 Å². The first-order chi connectivity index (χ1) is 16.0. The van der Waals surface area contributed by atoms with Gasteiger partial charge in [0.1, 0.15) is 5.82 Å². The van der Waals surface area contributed by atoms with Gasteiger partial charge in [0.15, 0.2) is 5.82 Å². The molecule has 1 aliphatic heterocycles. The van der Waals surface area contributed by atoms with Gasteiger partial charge in [0.05, 0.1) is 17.3 Å². The summed E-state index contributed by atoms with van der Waals surface area (Å²) in [5.74, 6) is 0.902. The van der Waals surface area contributed by atoms with Crippen LogP contribution in [0.3, 0.4) is 0 Å². The van der Waals surface area contributed by atoms with E-state index in [0.717, 1.165) is 54.1 Å². The lowest BCUT2D eigenvalue weighted by molar-refractivity contribution is 0.0945. The number of nitriles is 1. The summed E-state index contributed by atoms with van der Waals surface area (Å²) in [7, 11) is 0. The van der Waals surface area contributed by atoms with Crippen molar-refractivity contribution in [1.82, 2.24) is 15.5 Å². The van der Waals surface area contributed by atoms with Crippen LogP contribution in [0.2, 0.25) is 0 Å². The Hall–Kier alpha value is -3.79. The van der Waals surface area contributed by atoms with Gasteiger partial charge in [-0.1, -0.05) is 0 Å². The Labute approximate surface area is 193 Å². The van der Waals surface area contributed by atoms with Gasteiger partial charge in [0, 0.05) is 30.8 Å². The number of nitrogens with zero attached hydrogens (tertiary/aromatic N) is 4. The number of piperidine rings is 1. The summed E-state index contributed by atoms with van der Waals surface area (Å²) in [5, 5.41) is 20.8. The fourth-order valence-corrected chi connectivity index (χ4v) is 4.16. The second-order valence-electron chi connectivity index (χ2n) is 8.46. The zero-order valence-corrected chi connectivity index (χ0v) is 18.8.